The average molecular weight is 330 g/mol. The lowest BCUT2D eigenvalue weighted by Gasteiger charge is -2.42. The monoisotopic (exact) mass is 330 g/mol. The van der Waals surface area contributed by atoms with E-state index >= 15 is 0 Å². The largest absolute Gasteiger partial charge is 0.497 e. The summed E-state index contributed by atoms with van der Waals surface area (Å²) in [5.74, 6) is 0.197. The molecule has 6 nitrogen and oxygen atoms in total. The maximum absolute atomic E-state index is 12.7. The zero-order valence-corrected chi connectivity index (χ0v) is 14.4. The zero-order chi connectivity index (χ0) is 17.5. The minimum absolute atomic E-state index is 0.146. The van der Waals surface area contributed by atoms with Gasteiger partial charge in [0.2, 0.25) is 5.91 Å². The Morgan fingerprint density at radius 3 is 2.75 bits per heavy atom. The third-order valence-electron chi connectivity index (χ3n) is 4.78. The van der Waals surface area contributed by atoms with Crippen molar-refractivity contribution in [2.75, 3.05) is 20.3 Å². The second-order valence-electron chi connectivity index (χ2n) is 6.10. The number of carbonyl (C=O) groups excluding carboxylic acids is 2. The number of hydrogen-bond acceptors (Lipinski definition) is 4. The van der Waals surface area contributed by atoms with Crippen LogP contribution >= 0.6 is 0 Å². The van der Waals surface area contributed by atoms with Gasteiger partial charge in [0.05, 0.1) is 19.4 Å². The highest BCUT2D eigenvalue weighted by Crippen LogP contribution is 2.40. The van der Waals surface area contributed by atoms with Gasteiger partial charge in [0, 0.05) is 24.4 Å². The van der Waals surface area contributed by atoms with Crippen molar-refractivity contribution in [1.82, 2.24) is 9.88 Å². The Labute approximate surface area is 140 Å². The molecular weight excluding hydrogens is 308 g/mol. The van der Waals surface area contributed by atoms with E-state index in [1.165, 1.54) is 6.92 Å². The van der Waals surface area contributed by atoms with Gasteiger partial charge in [-0.2, -0.15) is 0 Å². The molecule has 0 bridgehead atoms. The van der Waals surface area contributed by atoms with Crippen LogP contribution < -0.4 is 4.74 Å². The second kappa shape index (κ2) is 5.85. The molecule has 1 aliphatic heterocycles. The predicted octanol–water partition coefficient (Wildman–Crippen LogP) is 2.36. The fraction of sp³-hybridized carbons (Fsp3) is 0.444. The molecule has 0 spiro atoms. The number of carbonyl (C=O) groups is 2. The van der Waals surface area contributed by atoms with Gasteiger partial charge < -0.3 is 19.4 Å². The number of esters is 1. The summed E-state index contributed by atoms with van der Waals surface area (Å²) in [6, 6.07) is 5.75. The highest BCUT2D eigenvalue weighted by molar-refractivity contribution is 5.94. The molecule has 0 fully saturated rings. The molecule has 128 valence electrons. The van der Waals surface area contributed by atoms with Gasteiger partial charge in [0.25, 0.3) is 0 Å². The Kier molecular flexibility index (Phi) is 3.99. The van der Waals surface area contributed by atoms with E-state index in [0.29, 0.717) is 13.0 Å². The van der Waals surface area contributed by atoms with E-state index in [-0.39, 0.29) is 12.5 Å². The van der Waals surface area contributed by atoms with Crippen LogP contribution in [0.4, 0.5) is 0 Å². The quantitative estimate of drug-likeness (QED) is 0.877. The fourth-order valence-electron chi connectivity index (χ4n) is 3.57. The molecule has 0 radical (unpaired) electrons. The van der Waals surface area contributed by atoms with Crippen molar-refractivity contribution in [2.24, 2.45) is 0 Å². The highest BCUT2D eigenvalue weighted by Gasteiger charge is 2.49. The molecular formula is C18H22N2O4. The van der Waals surface area contributed by atoms with Crippen LogP contribution in [0, 0.1) is 0 Å². The third-order valence-corrected chi connectivity index (χ3v) is 4.78. The Morgan fingerprint density at radius 1 is 1.38 bits per heavy atom. The molecule has 1 atom stereocenters. The first-order valence-corrected chi connectivity index (χ1v) is 8.08. The third kappa shape index (κ3) is 2.25. The smallest absolute Gasteiger partial charge is 0.338 e. The number of amides is 1. The summed E-state index contributed by atoms with van der Waals surface area (Å²) < 4.78 is 10.6. The number of aromatic nitrogens is 1. The molecule has 24 heavy (non-hydrogen) atoms. The number of nitrogens with one attached hydrogen (secondary N) is 1. The van der Waals surface area contributed by atoms with Gasteiger partial charge in [0.15, 0.2) is 5.54 Å². The van der Waals surface area contributed by atoms with Crippen LogP contribution in [0.2, 0.25) is 0 Å². The first-order valence-electron chi connectivity index (χ1n) is 8.08. The summed E-state index contributed by atoms with van der Waals surface area (Å²) in [5, 5.41) is 1.02. The average Bonchev–Trinajstić information content (AvgIpc) is 2.94. The van der Waals surface area contributed by atoms with Crippen LogP contribution in [0.5, 0.6) is 5.75 Å². The van der Waals surface area contributed by atoms with E-state index in [0.717, 1.165) is 27.9 Å². The van der Waals surface area contributed by atoms with E-state index in [1.54, 1.807) is 25.9 Å². The predicted molar refractivity (Wildman–Crippen MR) is 89.9 cm³/mol. The molecule has 2 heterocycles. The van der Waals surface area contributed by atoms with Gasteiger partial charge in [-0.05, 0) is 44.0 Å². The minimum Gasteiger partial charge on any atom is -0.497 e. The first kappa shape index (κ1) is 16.4. The molecule has 1 N–H and O–H groups in total. The maximum Gasteiger partial charge on any atom is 0.338 e. The van der Waals surface area contributed by atoms with Crippen molar-refractivity contribution in [3.8, 4) is 5.75 Å². The van der Waals surface area contributed by atoms with Crippen molar-refractivity contribution in [1.29, 1.82) is 0 Å². The number of benzene rings is 1. The van der Waals surface area contributed by atoms with Crippen LogP contribution in [0.1, 0.15) is 32.0 Å². The van der Waals surface area contributed by atoms with Gasteiger partial charge in [-0.15, -0.1) is 0 Å². The number of rotatable bonds is 3. The van der Waals surface area contributed by atoms with Crippen LogP contribution in [0.15, 0.2) is 18.2 Å². The highest BCUT2D eigenvalue weighted by atomic mass is 16.5. The number of aromatic amines is 1. The second-order valence-corrected chi connectivity index (χ2v) is 6.10. The summed E-state index contributed by atoms with van der Waals surface area (Å²) in [6.45, 7) is 5.73. The van der Waals surface area contributed by atoms with Crippen LogP contribution in [-0.2, 0) is 26.3 Å². The summed E-state index contributed by atoms with van der Waals surface area (Å²) in [7, 11) is 1.63. The molecule has 0 aliphatic carbocycles. The lowest BCUT2D eigenvalue weighted by atomic mass is 9.86. The van der Waals surface area contributed by atoms with Gasteiger partial charge in [0.1, 0.15) is 5.75 Å². The molecule has 6 heteroatoms. The van der Waals surface area contributed by atoms with Crippen molar-refractivity contribution in [2.45, 2.75) is 32.7 Å². The molecule has 1 aromatic carbocycles. The Balaban J connectivity index is 2.23. The lowest BCUT2D eigenvalue weighted by molar-refractivity contribution is -0.164. The Hall–Kier alpha value is -2.50. The summed E-state index contributed by atoms with van der Waals surface area (Å²) in [6.07, 6.45) is 0.678. The fourth-order valence-corrected chi connectivity index (χ4v) is 3.57. The molecule has 1 aliphatic rings. The SMILES string of the molecule is CCOC(=O)[C@]1(C)c2[nH]c3ccc(OC)cc3c2CCN1C(C)=O. The van der Waals surface area contributed by atoms with Crippen LogP contribution in [-0.4, -0.2) is 42.0 Å². The van der Waals surface area contributed by atoms with Gasteiger partial charge in [-0.25, -0.2) is 4.79 Å². The van der Waals surface area contributed by atoms with Gasteiger partial charge in [-0.3, -0.25) is 4.79 Å². The molecule has 0 saturated carbocycles. The lowest BCUT2D eigenvalue weighted by Crippen LogP contribution is -2.56. The number of H-pyrrole nitrogens is 1. The van der Waals surface area contributed by atoms with Crippen molar-refractivity contribution < 1.29 is 19.1 Å². The summed E-state index contributed by atoms with van der Waals surface area (Å²) in [5.41, 5.74) is 1.53. The molecule has 2 aromatic rings. The van der Waals surface area contributed by atoms with E-state index in [2.05, 4.69) is 4.98 Å². The number of ether oxygens (including phenoxy) is 2. The molecule has 3 rings (SSSR count). The van der Waals surface area contributed by atoms with Gasteiger partial charge >= 0.3 is 5.97 Å². The van der Waals surface area contributed by atoms with E-state index in [9.17, 15) is 9.59 Å². The van der Waals surface area contributed by atoms with E-state index in [4.69, 9.17) is 9.47 Å². The first-order chi connectivity index (χ1) is 11.4. The number of nitrogens with zero attached hydrogens (tertiary/aromatic N) is 1. The number of hydrogen-bond donors (Lipinski definition) is 1. The molecule has 1 aromatic heterocycles. The number of methoxy groups -OCH3 is 1. The minimum atomic E-state index is -1.15. The topological polar surface area (TPSA) is 71.6 Å². The molecule has 0 unspecified atom stereocenters. The summed E-state index contributed by atoms with van der Waals surface area (Å²) >= 11 is 0. The normalized spacial score (nSPS) is 19.9. The zero-order valence-electron chi connectivity index (χ0n) is 14.4. The van der Waals surface area contributed by atoms with Crippen LogP contribution in [0.3, 0.4) is 0 Å². The van der Waals surface area contributed by atoms with Crippen LogP contribution in [0.25, 0.3) is 10.9 Å². The van der Waals surface area contributed by atoms with Crippen molar-refractivity contribution in [3.05, 3.63) is 29.5 Å². The molecule has 0 saturated heterocycles. The van der Waals surface area contributed by atoms with E-state index in [1.807, 2.05) is 18.2 Å². The maximum atomic E-state index is 12.7. The standard InChI is InChI=1S/C18H22N2O4/c1-5-24-17(22)18(3)16-13(8-9-20(18)11(2)21)14-10-12(23-4)6-7-15(14)19-16/h6-7,10,19H,5,8-9H2,1-4H3/t18-/m0/s1. The van der Waals surface area contributed by atoms with Gasteiger partial charge in [-0.1, -0.05) is 0 Å². The molecule has 1 amide bonds. The van der Waals surface area contributed by atoms with Crippen molar-refractivity contribution >= 4 is 22.8 Å². The Morgan fingerprint density at radius 2 is 2.12 bits per heavy atom. The van der Waals surface area contributed by atoms with Crippen molar-refractivity contribution in [3.63, 3.8) is 0 Å². The Bertz CT molecular complexity index is 811. The summed E-state index contributed by atoms with van der Waals surface area (Å²) in [4.78, 5) is 29.8. The van der Waals surface area contributed by atoms with E-state index < -0.39 is 11.5 Å². The number of fused-ring (bicyclic) bond motifs is 3.